The predicted molar refractivity (Wildman–Crippen MR) is 49.5 cm³/mol. The maximum Gasteiger partial charge on any atom is 0.330 e. The summed E-state index contributed by atoms with van der Waals surface area (Å²) < 4.78 is 4.71. The number of carbonyl (C=O) groups excluding carboxylic acids is 1. The number of esters is 1. The number of ether oxygens (including phenoxy) is 1. The summed E-state index contributed by atoms with van der Waals surface area (Å²) in [6.45, 7) is 0.133. The molecule has 0 aliphatic carbocycles. The van der Waals surface area contributed by atoms with Crippen LogP contribution in [0.4, 0.5) is 0 Å². The van der Waals surface area contributed by atoms with Crippen LogP contribution in [0.1, 0.15) is 6.92 Å². The summed E-state index contributed by atoms with van der Waals surface area (Å²) in [6.07, 6.45) is 2.73. The van der Waals surface area contributed by atoms with Gasteiger partial charge in [0.25, 0.3) is 0 Å². The fourth-order valence-corrected chi connectivity index (χ4v) is 0.695. The van der Waals surface area contributed by atoms with Gasteiger partial charge in [-0.25, -0.2) is 4.79 Å². The van der Waals surface area contributed by atoms with Crippen molar-refractivity contribution in [2.24, 2.45) is 5.41 Å². The van der Waals surface area contributed by atoms with Crippen LogP contribution in [0.2, 0.25) is 0 Å². The minimum absolute atomic E-state index is 0.209. The zero-order valence-electron chi connectivity index (χ0n) is 8.14. The molecule has 0 heterocycles. The molecule has 0 aliphatic heterocycles. The second-order valence-corrected chi connectivity index (χ2v) is 3.08. The van der Waals surface area contributed by atoms with Gasteiger partial charge in [-0.1, -0.05) is 6.08 Å². The number of aliphatic hydroxyl groups excluding tert-OH is 3. The zero-order valence-corrected chi connectivity index (χ0v) is 8.14. The minimum atomic E-state index is -1.16. The lowest BCUT2D eigenvalue weighted by Crippen LogP contribution is -2.39. The highest BCUT2D eigenvalue weighted by Gasteiger charge is 2.29. The van der Waals surface area contributed by atoms with Crippen molar-refractivity contribution in [2.45, 2.75) is 6.92 Å². The van der Waals surface area contributed by atoms with Crippen molar-refractivity contribution in [1.82, 2.24) is 0 Å². The number of hydrogen-bond donors (Lipinski definition) is 3. The fourth-order valence-electron chi connectivity index (χ4n) is 0.695. The largest absolute Gasteiger partial charge is 0.462 e. The number of aliphatic hydroxyl groups is 3. The third kappa shape index (κ3) is 3.87. The van der Waals surface area contributed by atoms with E-state index in [2.05, 4.69) is 0 Å². The molecule has 14 heavy (non-hydrogen) atoms. The molecule has 5 heteroatoms. The lowest BCUT2D eigenvalue weighted by Gasteiger charge is -2.26. The summed E-state index contributed by atoms with van der Waals surface area (Å²) in [5, 5.41) is 26.7. The molecule has 0 unspecified atom stereocenters. The number of carbonyl (C=O) groups is 1. The molecule has 0 radical (unpaired) electrons. The van der Waals surface area contributed by atoms with Crippen molar-refractivity contribution in [3.05, 3.63) is 12.2 Å². The molecule has 0 aromatic heterocycles. The Morgan fingerprint density at radius 3 is 2.14 bits per heavy atom. The van der Waals surface area contributed by atoms with E-state index in [1.807, 2.05) is 0 Å². The Morgan fingerprint density at radius 2 is 1.79 bits per heavy atom. The smallest absolute Gasteiger partial charge is 0.330 e. The quantitative estimate of drug-likeness (QED) is 0.384. The average Bonchev–Trinajstić information content (AvgIpc) is 2.21. The molecule has 0 aliphatic rings. The maximum absolute atomic E-state index is 10.9. The van der Waals surface area contributed by atoms with Gasteiger partial charge in [-0.05, 0) is 6.92 Å². The van der Waals surface area contributed by atoms with Gasteiger partial charge < -0.3 is 20.1 Å². The van der Waals surface area contributed by atoms with Crippen LogP contribution in [0.25, 0.3) is 0 Å². The number of hydrogen-bond acceptors (Lipinski definition) is 5. The molecular weight excluding hydrogens is 188 g/mol. The lowest BCUT2D eigenvalue weighted by atomic mass is 9.93. The molecular formula is C9H16O5. The predicted octanol–water partition coefficient (Wildman–Crippen LogP) is -0.931. The van der Waals surface area contributed by atoms with Crippen LogP contribution in [0.5, 0.6) is 0 Å². The molecule has 5 nitrogen and oxygen atoms in total. The first-order valence-electron chi connectivity index (χ1n) is 4.26. The van der Waals surface area contributed by atoms with Gasteiger partial charge >= 0.3 is 5.97 Å². The molecule has 0 fully saturated rings. The topological polar surface area (TPSA) is 87.0 Å². The van der Waals surface area contributed by atoms with E-state index in [9.17, 15) is 4.79 Å². The Balaban J connectivity index is 4.12. The summed E-state index contributed by atoms with van der Waals surface area (Å²) in [6, 6.07) is 0. The first-order valence-corrected chi connectivity index (χ1v) is 4.26. The summed E-state index contributed by atoms with van der Waals surface area (Å²) in [4.78, 5) is 10.9. The van der Waals surface area contributed by atoms with Gasteiger partial charge in [-0.3, -0.25) is 0 Å². The Bertz CT molecular complexity index is 187. The van der Waals surface area contributed by atoms with Gasteiger partial charge in [0.15, 0.2) is 0 Å². The second kappa shape index (κ2) is 6.53. The van der Waals surface area contributed by atoms with Gasteiger partial charge in [-0.15, -0.1) is 0 Å². The van der Waals surface area contributed by atoms with E-state index in [1.54, 1.807) is 6.92 Å². The van der Waals surface area contributed by atoms with Crippen LogP contribution in [-0.4, -0.2) is 47.7 Å². The molecule has 0 aromatic rings. The average molecular weight is 204 g/mol. The van der Waals surface area contributed by atoms with Crippen LogP contribution >= 0.6 is 0 Å². The molecule has 0 atom stereocenters. The Kier molecular flexibility index (Phi) is 6.11. The molecule has 0 saturated carbocycles. The lowest BCUT2D eigenvalue weighted by molar-refractivity contribution is -0.145. The van der Waals surface area contributed by atoms with Crippen molar-refractivity contribution < 1.29 is 24.9 Å². The normalized spacial score (nSPS) is 12.0. The van der Waals surface area contributed by atoms with E-state index >= 15 is 0 Å². The van der Waals surface area contributed by atoms with Crippen LogP contribution in [0, 0.1) is 5.41 Å². The molecule has 0 spiro atoms. The molecule has 0 rings (SSSR count). The SMILES string of the molecule is CC=CC(=O)OCC(CO)(CO)CO. The number of allylic oxidation sites excluding steroid dienone is 1. The van der Waals surface area contributed by atoms with E-state index in [1.165, 1.54) is 12.2 Å². The maximum atomic E-state index is 10.9. The van der Waals surface area contributed by atoms with Crippen molar-refractivity contribution in [3.8, 4) is 0 Å². The third-order valence-electron chi connectivity index (χ3n) is 1.83. The molecule has 0 aromatic carbocycles. The van der Waals surface area contributed by atoms with E-state index in [-0.39, 0.29) is 6.61 Å². The van der Waals surface area contributed by atoms with E-state index in [4.69, 9.17) is 20.1 Å². The van der Waals surface area contributed by atoms with E-state index < -0.39 is 31.2 Å². The van der Waals surface area contributed by atoms with Gasteiger partial charge in [-0.2, -0.15) is 0 Å². The van der Waals surface area contributed by atoms with Crippen molar-refractivity contribution in [2.75, 3.05) is 26.4 Å². The first-order chi connectivity index (χ1) is 6.64. The highest BCUT2D eigenvalue weighted by Crippen LogP contribution is 2.14. The van der Waals surface area contributed by atoms with Crippen LogP contribution in [0.3, 0.4) is 0 Å². The first kappa shape index (κ1) is 13.1. The summed E-state index contributed by atoms with van der Waals surface area (Å²) in [5.74, 6) is -0.563. The van der Waals surface area contributed by atoms with Gasteiger partial charge in [0, 0.05) is 6.08 Å². The molecule has 0 bridgehead atoms. The highest BCUT2D eigenvalue weighted by atomic mass is 16.5. The number of rotatable bonds is 6. The summed E-state index contributed by atoms with van der Waals surface area (Å²) >= 11 is 0. The fraction of sp³-hybridized carbons (Fsp3) is 0.667. The van der Waals surface area contributed by atoms with Crippen LogP contribution < -0.4 is 0 Å². The van der Waals surface area contributed by atoms with Crippen LogP contribution in [0.15, 0.2) is 12.2 Å². The summed E-state index contributed by atoms with van der Waals surface area (Å²) in [7, 11) is 0. The van der Waals surface area contributed by atoms with Gasteiger partial charge in [0.05, 0.1) is 25.2 Å². The van der Waals surface area contributed by atoms with Crippen molar-refractivity contribution >= 4 is 5.97 Å². The van der Waals surface area contributed by atoms with Gasteiger partial charge in [0.2, 0.25) is 0 Å². The Hall–Kier alpha value is -0.910. The van der Waals surface area contributed by atoms with Crippen LogP contribution in [-0.2, 0) is 9.53 Å². The van der Waals surface area contributed by atoms with Crippen molar-refractivity contribution in [1.29, 1.82) is 0 Å². The third-order valence-corrected chi connectivity index (χ3v) is 1.83. The minimum Gasteiger partial charge on any atom is -0.462 e. The standard InChI is InChI=1S/C9H16O5/c1-2-3-8(13)14-7-9(4-10,5-11)6-12/h2-3,10-12H,4-7H2,1H3. The Morgan fingerprint density at radius 1 is 1.29 bits per heavy atom. The zero-order chi connectivity index (χ0) is 11.0. The van der Waals surface area contributed by atoms with E-state index in [0.717, 1.165) is 0 Å². The summed E-state index contributed by atoms with van der Waals surface area (Å²) in [5.41, 5.74) is -1.16. The van der Waals surface area contributed by atoms with Gasteiger partial charge in [0.1, 0.15) is 6.61 Å². The molecule has 0 saturated heterocycles. The molecule has 3 N–H and O–H groups in total. The molecule has 0 amide bonds. The van der Waals surface area contributed by atoms with E-state index in [0.29, 0.717) is 0 Å². The second-order valence-electron chi connectivity index (χ2n) is 3.08. The van der Waals surface area contributed by atoms with Crippen molar-refractivity contribution in [3.63, 3.8) is 0 Å². The highest BCUT2D eigenvalue weighted by molar-refractivity contribution is 5.81. The monoisotopic (exact) mass is 204 g/mol. The Labute approximate surface area is 82.6 Å². The molecule has 82 valence electrons.